The number of hydrogen-bond acceptors (Lipinski definition) is 3. The third-order valence-electron chi connectivity index (χ3n) is 4.23. The molecular formula is C15H19N5O. The number of nitrogens with zero attached hydrogens (tertiary/aromatic N) is 5. The van der Waals surface area contributed by atoms with Crippen molar-refractivity contribution < 1.29 is 4.79 Å². The van der Waals surface area contributed by atoms with Crippen molar-refractivity contribution in [3.63, 3.8) is 0 Å². The summed E-state index contributed by atoms with van der Waals surface area (Å²) < 4.78 is 0. The van der Waals surface area contributed by atoms with E-state index in [0.29, 0.717) is 19.5 Å². The van der Waals surface area contributed by atoms with Gasteiger partial charge in [-0.15, -0.1) is 0 Å². The second-order valence-electron chi connectivity index (χ2n) is 5.67. The van der Waals surface area contributed by atoms with Gasteiger partial charge in [-0.3, -0.25) is 4.79 Å². The highest BCUT2D eigenvalue weighted by molar-refractivity contribution is 5.99. The fourth-order valence-corrected chi connectivity index (χ4v) is 3.21. The predicted octanol–water partition coefficient (Wildman–Crippen LogP) is 2.95. The Morgan fingerprint density at radius 3 is 2.67 bits per heavy atom. The van der Waals surface area contributed by atoms with E-state index in [-0.39, 0.29) is 11.8 Å². The Labute approximate surface area is 124 Å². The van der Waals surface area contributed by atoms with Crippen molar-refractivity contribution >= 4 is 17.3 Å². The fourth-order valence-electron chi connectivity index (χ4n) is 3.21. The molecule has 21 heavy (non-hydrogen) atoms. The van der Waals surface area contributed by atoms with E-state index in [9.17, 15) is 4.79 Å². The Kier molecular flexibility index (Phi) is 3.97. The summed E-state index contributed by atoms with van der Waals surface area (Å²) in [5.41, 5.74) is 10.6. The number of benzene rings is 1. The zero-order valence-electron chi connectivity index (χ0n) is 12.0. The first-order valence-corrected chi connectivity index (χ1v) is 7.45. The van der Waals surface area contributed by atoms with Crippen LogP contribution < -0.4 is 9.80 Å². The molecule has 2 fully saturated rings. The molecule has 1 aromatic carbocycles. The van der Waals surface area contributed by atoms with Crippen LogP contribution in [-0.4, -0.2) is 32.1 Å². The van der Waals surface area contributed by atoms with Crippen LogP contribution in [0.3, 0.4) is 0 Å². The van der Waals surface area contributed by atoms with E-state index in [4.69, 9.17) is 5.53 Å². The van der Waals surface area contributed by atoms with Crippen molar-refractivity contribution in [2.75, 3.05) is 36.0 Å². The molecule has 0 spiro atoms. The molecule has 1 unspecified atom stereocenters. The molecule has 1 atom stereocenters. The maximum atomic E-state index is 12.3. The summed E-state index contributed by atoms with van der Waals surface area (Å²) >= 11 is 0. The second kappa shape index (κ2) is 6.06. The predicted molar refractivity (Wildman–Crippen MR) is 82.4 cm³/mol. The van der Waals surface area contributed by atoms with Gasteiger partial charge in [0.15, 0.2) is 0 Å². The highest BCUT2D eigenvalue weighted by Gasteiger charge is 2.32. The topological polar surface area (TPSA) is 72.3 Å². The number of carbonyl (C=O) groups is 1. The van der Waals surface area contributed by atoms with E-state index in [2.05, 4.69) is 21.0 Å². The van der Waals surface area contributed by atoms with Crippen LogP contribution in [0.15, 0.2) is 29.4 Å². The summed E-state index contributed by atoms with van der Waals surface area (Å²) in [6, 6.07) is 8.11. The molecule has 2 saturated heterocycles. The molecule has 0 N–H and O–H groups in total. The minimum absolute atomic E-state index is 0.125. The minimum atomic E-state index is 0.125. The van der Waals surface area contributed by atoms with Crippen LogP contribution in [-0.2, 0) is 4.79 Å². The molecule has 2 aliphatic rings. The smallest absolute Gasteiger partial charge is 0.227 e. The van der Waals surface area contributed by atoms with Gasteiger partial charge in [0.2, 0.25) is 5.91 Å². The lowest BCUT2D eigenvalue weighted by Gasteiger charge is -2.26. The molecule has 2 heterocycles. The third kappa shape index (κ3) is 2.81. The van der Waals surface area contributed by atoms with Crippen LogP contribution in [0.25, 0.3) is 10.4 Å². The first-order chi connectivity index (χ1) is 10.3. The van der Waals surface area contributed by atoms with Crippen molar-refractivity contribution in [2.24, 2.45) is 11.0 Å². The zero-order valence-corrected chi connectivity index (χ0v) is 12.0. The molecule has 0 bridgehead atoms. The lowest BCUT2D eigenvalue weighted by atomic mass is 10.1. The van der Waals surface area contributed by atoms with Gasteiger partial charge >= 0.3 is 0 Å². The quantitative estimate of drug-likeness (QED) is 0.484. The largest absolute Gasteiger partial charge is 0.370 e. The number of rotatable bonds is 4. The first-order valence-electron chi connectivity index (χ1n) is 7.45. The average molecular weight is 285 g/mol. The Morgan fingerprint density at radius 2 is 1.95 bits per heavy atom. The van der Waals surface area contributed by atoms with E-state index in [1.165, 1.54) is 12.8 Å². The van der Waals surface area contributed by atoms with Crippen molar-refractivity contribution in [1.29, 1.82) is 0 Å². The minimum Gasteiger partial charge on any atom is -0.370 e. The lowest BCUT2D eigenvalue weighted by Crippen LogP contribution is -2.28. The van der Waals surface area contributed by atoms with Crippen LogP contribution in [0.5, 0.6) is 0 Å². The monoisotopic (exact) mass is 285 g/mol. The summed E-state index contributed by atoms with van der Waals surface area (Å²) in [6.45, 7) is 3.15. The molecule has 1 aromatic rings. The van der Waals surface area contributed by atoms with Crippen molar-refractivity contribution in [3.05, 3.63) is 34.7 Å². The van der Waals surface area contributed by atoms with E-state index in [1.54, 1.807) is 0 Å². The van der Waals surface area contributed by atoms with Gasteiger partial charge in [-0.25, -0.2) is 0 Å². The molecule has 6 nitrogen and oxygen atoms in total. The number of carbonyl (C=O) groups excluding carboxylic acids is 1. The number of para-hydroxylation sites is 2. The van der Waals surface area contributed by atoms with E-state index < -0.39 is 0 Å². The van der Waals surface area contributed by atoms with E-state index >= 15 is 0 Å². The van der Waals surface area contributed by atoms with Gasteiger partial charge in [0.05, 0.1) is 11.4 Å². The van der Waals surface area contributed by atoms with Crippen LogP contribution in [0.4, 0.5) is 11.4 Å². The van der Waals surface area contributed by atoms with E-state index in [1.807, 2.05) is 23.1 Å². The highest BCUT2D eigenvalue weighted by Crippen LogP contribution is 2.35. The molecule has 0 radical (unpaired) electrons. The average Bonchev–Trinajstić information content (AvgIpc) is 3.15. The van der Waals surface area contributed by atoms with E-state index in [0.717, 1.165) is 24.5 Å². The third-order valence-corrected chi connectivity index (χ3v) is 4.23. The van der Waals surface area contributed by atoms with Crippen LogP contribution in [0, 0.1) is 5.92 Å². The van der Waals surface area contributed by atoms with Gasteiger partial charge in [-0.05, 0) is 36.4 Å². The number of azide groups is 1. The van der Waals surface area contributed by atoms with Gasteiger partial charge in [0.1, 0.15) is 0 Å². The SMILES string of the molecule is [N-]=[N+]=NCC1CC(=O)N(c2ccccc2N2CCCC2)C1. The van der Waals surface area contributed by atoms with Crippen molar-refractivity contribution in [2.45, 2.75) is 19.3 Å². The number of anilines is 2. The summed E-state index contributed by atoms with van der Waals surface area (Å²) in [5.74, 6) is 0.250. The molecule has 1 amide bonds. The Hall–Kier alpha value is -2.20. The number of amides is 1. The molecule has 0 saturated carbocycles. The summed E-state index contributed by atoms with van der Waals surface area (Å²) in [4.78, 5) is 19.3. The maximum Gasteiger partial charge on any atom is 0.227 e. The Morgan fingerprint density at radius 1 is 1.24 bits per heavy atom. The van der Waals surface area contributed by atoms with Gasteiger partial charge in [-0.2, -0.15) is 0 Å². The van der Waals surface area contributed by atoms with Gasteiger partial charge < -0.3 is 9.80 Å². The van der Waals surface area contributed by atoms with Crippen molar-refractivity contribution in [1.82, 2.24) is 0 Å². The molecule has 6 heteroatoms. The fraction of sp³-hybridized carbons (Fsp3) is 0.533. The first kappa shape index (κ1) is 13.8. The van der Waals surface area contributed by atoms with Crippen LogP contribution in [0.1, 0.15) is 19.3 Å². The molecule has 3 rings (SSSR count). The van der Waals surface area contributed by atoms with Gasteiger partial charge in [0, 0.05) is 37.5 Å². The molecule has 2 aliphatic heterocycles. The van der Waals surface area contributed by atoms with Crippen LogP contribution >= 0.6 is 0 Å². The zero-order chi connectivity index (χ0) is 14.7. The molecule has 110 valence electrons. The maximum absolute atomic E-state index is 12.3. The lowest BCUT2D eigenvalue weighted by molar-refractivity contribution is -0.117. The Bertz CT molecular complexity index is 575. The summed E-state index contributed by atoms with van der Waals surface area (Å²) in [7, 11) is 0. The van der Waals surface area contributed by atoms with Gasteiger partial charge in [-0.1, -0.05) is 17.2 Å². The summed E-state index contributed by atoms with van der Waals surface area (Å²) in [5, 5.41) is 3.61. The van der Waals surface area contributed by atoms with Crippen LogP contribution in [0.2, 0.25) is 0 Å². The molecular weight excluding hydrogens is 266 g/mol. The Balaban J connectivity index is 1.83. The second-order valence-corrected chi connectivity index (χ2v) is 5.67. The molecule has 0 aliphatic carbocycles. The molecule has 0 aromatic heterocycles. The normalized spacial score (nSPS) is 21.7. The standard InChI is InChI=1S/C15H19N5O/c16-18-17-10-12-9-15(21)20(11-12)14-6-2-1-5-13(14)19-7-3-4-8-19/h1-2,5-6,12H,3-4,7-11H2. The van der Waals surface area contributed by atoms with Crippen molar-refractivity contribution in [3.8, 4) is 0 Å². The summed E-state index contributed by atoms with van der Waals surface area (Å²) in [6.07, 6.45) is 2.89. The highest BCUT2D eigenvalue weighted by atomic mass is 16.2. The number of hydrogen-bond donors (Lipinski definition) is 0. The van der Waals surface area contributed by atoms with Gasteiger partial charge in [0.25, 0.3) is 0 Å².